The van der Waals surface area contributed by atoms with Crippen LogP contribution in [-0.2, 0) is 0 Å². The van der Waals surface area contributed by atoms with Gasteiger partial charge in [0.2, 0.25) is 5.16 Å². The number of ether oxygens (including phenoxy) is 1. The maximum atomic E-state index is 5.08. The molecule has 0 bridgehead atoms. The second-order valence-corrected chi connectivity index (χ2v) is 3.95. The van der Waals surface area contributed by atoms with Crippen LogP contribution in [0.15, 0.2) is 40.9 Å². The van der Waals surface area contributed by atoms with Gasteiger partial charge < -0.3 is 4.74 Å². The third kappa shape index (κ3) is 2.85. The lowest BCUT2D eigenvalue weighted by atomic mass is 10.2. The van der Waals surface area contributed by atoms with Gasteiger partial charge in [-0.25, -0.2) is 0 Å². The van der Waals surface area contributed by atoms with Crippen LogP contribution in [0.5, 0.6) is 5.75 Å². The molecule has 0 aliphatic rings. The third-order valence-electron chi connectivity index (χ3n) is 2.13. The largest absolute Gasteiger partial charge is 0.497 e. The van der Waals surface area contributed by atoms with E-state index in [1.165, 1.54) is 11.8 Å². The van der Waals surface area contributed by atoms with Crippen LogP contribution in [0, 0.1) is 0 Å². The highest BCUT2D eigenvalue weighted by atomic mass is 32.2. The molecule has 0 saturated carbocycles. The first kappa shape index (κ1) is 11.7. The first-order valence-corrected chi connectivity index (χ1v) is 6.18. The van der Waals surface area contributed by atoms with Crippen LogP contribution in [0.1, 0.15) is 5.56 Å². The predicted octanol–water partition coefficient (Wildman–Crippen LogP) is 1.89. The molecule has 0 N–H and O–H groups in total. The van der Waals surface area contributed by atoms with Crippen LogP contribution >= 0.6 is 11.8 Å². The Morgan fingerprint density at radius 1 is 1.35 bits per heavy atom. The van der Waals surface area contributed by atoms with Gasteiger partial charge in [0.05, 0.1) is 13.3 Å². The van der Waals surface area contributed by atoms with Crippen molar-refractivity contribution in [2.24, 2.45) is 5.10 Å². The first-order chi connectivity index (χ1) is 8.33. The van der Waals surface area contributed by atoms with Gasteiger partial charge in [0.1, 0.15) is 12.1 Å². The van der Waals surface area contributed by atoms with Crippen LogP contribution in [0.25, 0.3) is 0 Å². The molecule has 2 rings (SSSR count). The van der Waals surface area contributed by atoms with Crippen LogP contribution in [0.3, 0.4) is 0 Å². The minimum absolute atomic E-state index is 0.759. The van der Waals surface area contributed by atoms with Gasteiger partial charge in [-0.1, -0.05) is 11.8 Å². The number of methoxy groups -OCH3 is 1. The van der Waals surface area contributed by atoms with E-state index in [9.17, 15) is 0 Å². The number of nitrogens with zero attached hydrogens (tertiary/aromatic N) is 4. The Kier molecular flexibility index (Phi) is 3.77. The molecule has 0 amide bonds. The summed E-state index contributed by atoms with van der Waals surface area (Å²) in [6, 6.07) is 7.66. The molecule has 2 aromatic rings. The number of aromatic nitrogens is 3. The van der Waals surface area contributed by atoms with E-state index in [1.54, 1.807) is 24.3 Å². The molecule has 0 atom stereocenters. The lowest BCUT2D eigenvalue weighted by Crippen LogP contribution is -1.91. The summed E-state index contributed by atoms with van der Waals surface area (Å²) in [4.78, 5) is 0. The number of rotatable bonds is 4. The smallest absolute Gasteiger partial charge is 0.211 e. The zero-order valence-corrected chi connectivity index (χ0v) is 10.4. The standard InChI is InChI=1S/C11H12N4OS/c1-16-10-5-3-9(4-6-10)7-13-15-8-12-14-11(15)17-2/h3-8H,1-2H3/b13-7+. The Labute approximate surface area is 104 Å². The third-order valence-corrected chi connectivity index (χ3v) is 2.76. The van der Waals surface area contributed by atoms with Crippen molar-refractivity contribution in [1.82, 2.24) is 14.9 Å². The molecule has 0 aliphatic heterocycles. The molecule has 1 aromatic heterocycles. The average molecular weight is 248 g/mol. The molecule has 1 heterocycles. The van der Waals surface area contributed by atoms with E-state index >= 15 is 0 Å². The normalized spacial score (nSPS) is 10.9. The molecule has 17 heavy (non-hydrogen) atoms. The molecule has 5 nitrogen and oxygen atoms in total. The maximum absolute atomic E-state index is 5.08. The number of thioether (sulfide) groups is 1. The van der Waals surface area contributed by atoms with E-state index in [1.807, 2.05) is 30.5 Å². The number of hydrogen-bond donors (Lipinski definition) is 0. The Balaban J connectivity index is 2.14. The number of benzene rings is 1. The molecule has 0 fully saturated rings. The second-order valence-electron chi connectivity index (χ2n) is 3.18. The Hall–Kier alpha value is -1.82. The van der Waals surface area contributed by atoms with Crippen molar-refractivity contribution in [3.8, 4) is 5.75 Å². The Morgan fingerprint density at radius 3 is 2.76 bits per heavy atom. The van der Waals surface area contributed by atoms with E-state index in [0.717, 1.165) is 16.5 Å². The van der Waals surface area contributed by atoms with Crippen LogP contribution < -0.4 is 4.74 Å². The van der Waals surface area contributed by atoms with Crippen LogP contribution in [0.2, 0.25) is 0 Å². The summed E-state index contributed by atoms with van der Waals surface area (Å²) in [5.74, 6) is 0.830. The predicted molar refractivity (Wildman–Crippen MR) is 67.8 cm³/mol. The fraction of sp³-hybridized carbons (Fsp3) is 0.182. The van der Waals surface area contributed by atoms with Gasteiger partial charge in [-0.05, 0) is 36.1 Å². The molecule has 0 saturated heterocycles. The monoisotopic (exact) mass is 248 g/mol. The minimum atomic E-state index is 0.759. The van der Waals surface area contributed by atoms with E-state index < -0.39 is 0 Å². The van der Waals surface area contributed by atoms with Gasteiger partial charge in [0.15, 0.2) is 0 Å². The van der Waals surface area contributed by atoms with Crippen molar-refractivity contribution in [3.05, 3.63) is 36.2 Å². The molecule has 88 valence electrons. The summed E-state index contributed by atoms with van der Waals surface area (Å²) >= 11 is 1.50. The van der Waals surface area contributed by atoms with Crippen molar-refractivity contribution in [1.29, 1.82) is 0 Å². The summed E-state index contributed by atoms with van der Waals surface area (Å²) in [7, 11) is 1.64. The fourth-order valence-electron chi connectivity index (χ4n) is 1.25. The summed E-state index contributed by atoms with van der Waals surface area (Å²) in [6.07, 6.45) is 5.26. The summed E-state index contributed by atoms with van der Waals surface area (Å²) in [5.41, 5.74) is 0.992. The van der Waals surface area contributed by atoms with Crippen molar-refractivity contribution in [3.63, 3.8) is 0 Å². The Bertz CT molecular complexity index is 506. The summed E-state index contributed by atoms with van der Waals surface area (Å²) in [6.45, 7) is 0. The van der Waals surface area contributed by atoms with E-state index in [2.05, 4.69) is 15.3 Å². The second kappa shape index (κ2) is 5.49. The van der Waals surface area contributed by atoms with Gasteiger partial charge in [-0.3, -0.25) is 0 Å². The zero-order chi connectivity index (χ0) is 12.1. The molecule has 0 spiro atoms. The molecule has 0 radical (unpaired) electrons. The summed E-state index contributed by atoms with van der Waals surface area (Å²) < 4.78 is 6.72. The maximum Gasteiger partial charge on any atom is 0.211 e. The minimum Gasteiger partial charge on any atom is -0.497 e. The van der Waals surface area contributed by atoms with E-state index in [4.69, 9.17) is 4.74 Å². The fourth-order valence-corrected chi connectivity index (χ4v) is 1.66. The number of hydrogen-bond acceptors (Lipinski definition) is 5. The lowest BCUT2D eigenvalue weighted by Gasteiger charge is -1.99. The lowest BCUT2D eigenvalue weighted by molar-refractivity contribution is 0.415. The van der Waals surface area contributed by atoms with Gasteiger partial charge in [0.25, 0.3) is 0 Å². The van der Waals surface area contributed by atoms with Crippen LogP contribution in [0.4, 0.5) is 0 Å². The topological polar surface area (TPSA) is 52.3 Å². The van der Waals surface area contributed by atoms with Gasteiger partial charge in [-0.2, -0.15) is 9.78 Å². The molecule has 6 heteroatoms. The van der Waals surface area contributed by atoms with Crippen molar-refractivity contribution in [2.45, 2.75) is 5.16 Å². The average Bonchev–Trinajstić information content (AvgIpc) is 2.84. The SMILES string of the molecule is COc1ccc(/C=N/n2cnnc2SC)cc1. The van der Waals surface area contributed by atoms with Crippen molar-refractivity contribution < 1.29 is 4.74 Å². The molecule has 0 aliphatic carbocycles. The molecular formula is C11H12N4OS. The molecule has 0 unspecified atom stereocenters. The molecule has 1 aromatic carbocycles. The van der Waals surface area contributed by atoms with Gasteiger partial charge in [-0.15, -0.1) is 10.2 Å². The zero-order valence-electron chi connectivity index (χ0n) is 9.57. The molecular weight excluding hydrogens is 236 g/mol. The van der Waals surface area contributed by atoms with Gasteiger partial charge >= 0.3 is 0 Å². The van der Waals surface area contributed by atoms with E-state index in [-0.39, 0.29) is 0 Å². The van der Waals surface area contributed by atoms with Crippen molar-refractivity contribution >= 4 is 18.0 Å². The van der Waals surface area contributed by atoms with E-state index in [0.29, 0.717) is 0 Å². The highest BCUT2D eigenvalue weighted by Gasteiger charge is 1.99. The van der Waals surface area contributed by atoms with Crippen molar-refractivity contribution in [2.75, 3.05) is 13.4 Å². The van der Waals surface area contributed by atoms with Gasteiger partial charge in [0, 0.05) is 0 Å². The highest BCUT2D eigenvalue weighted by molar-refractivity contribution is 7.98. The quantitative estimate of drug-likeness (QED) is 0.612. The highest BCUT2D eigenvalue weighted by Crippen LogP contribution is 2.11. The Morgan fingerprint density at radius 2 is 2.12 bits per heavy atom. The van der Waals surface area contributed by atoms with Crippen LogP contribution in [-0.4, -0.2) is 34.5 Å². The first-order valence-electron chi connectivity index (χ1n) is 4.96. The summed E-state index contributed by atoms with van der Waals surface area (Å²) in [5, 5.41) is 12.7.